The minimum Gasteiger partial charge on any atom is -0.392 e. The monoisotopic (exact) mass is 218 g/mol. The second kappa shape index (κ2) is 4.31. The molecule has 1 aromatic rings. The summed E-state index contributed by atoms with van der Waals surface area (Å²) in [5.41, 5.74) is -1.01. The lowest BCUT2D eigenvalue weighted by molar-refractivity contribution is 0.146. The fourth-order valence-electron chi connectivity index (χ4n) is 1.03. The van der Waals surface area contributed by atoms with Crippen LogP contribution in [0.4, 0.5) is 8.78 Å². The number of nitrogens with zero attached hydrogens (tertiary/aromatic N) is 2. The van der Waals surface area contributed by atoms with E-state index in [2.05, 4.69) is 4.98 Å². The van der Waals surface area contributed by atoms with Gasteiger partial charge in [0.2, 0.25) is 0 Å². The zero-order chi connectivity index (χ0) is 10.7. The molecule has 74 valence electrons. The fourth-order valence-corrected chi connectivity index (χ4v) is 1.24. The van der Waals surface area contributed by atoms with E-state index in [9.17, 15) is 8.78 Å². The second-order valence-corrected chi connectivity index (χ2v) is 2.78. The Morgan fingerprint density at radius 2 is 2.29 bits per heavy atom. The van der Waals surface area contributed by atoms with Crippen LogP contribution in [0.15, 0.2) is 6.20 Å². The van der Waals surface area contributed by atoms with Gasteiger partial charge in [-0.05, 0) is 0 Å². The predicted octanol–water partition coefficient (Wildman–Crippen LogP) is 2.04. The number of alkyl halides is 2. The molecule has 1 heterocycles. The molecule has 1 N–H and O–H groups in total. The molecule has 0 aliphatic carbocycles. The average Bonchev–Trinajstić information content (AvgIpc) is 2.17. The third kappa shape index (κ3) is 1.81. The maximum atomic E-state index is 12.5. The molecular formula is C8H5ClF2N2O. The molecule has 0 saturated heterocycles. The van der Waals surface area contributed by atoms with Crippen LogP contribution in [-0.2, 0) is 6.61 Å². The Hall–Kier alpha value is -1.25. The van der Waals surface area contributed by atoms with Crippen LogP contribution in [0.5, 0.6) is 0 Å². The van der Waals surface area contributed by atoms with Crippen LogP contribution in [0.2, 0.25) is 5.15 Å². The molecule has 1 rings (SSSR count). The van der Waals surface area contributed by atoms with Gasteiger partial charge in [-0.15, -0.1) is 0 Å². The Morgan fingerprint density at radius 1 is 1.64 bits per heavy atom. The highest BCUT2D eigenvalue weighted by atomic mass is 35.5. The van der Waals surface area contributed by atoms with Gasteiger partial charge in [-0.2, -0.15) is 5.26 Å². The van der Waals surface area contributed by atoms with Crippen molar-refractivity contribution in [2.45, 2.75) is 13.0 Å². The van der Waals surface area contributed by atoms with Gasteiger partial charge >= 0.3 is 0 Å². The smallest absolute Gasteiger partial charge is 0.265 e. The molecule has 3 nitrogen and oxygen atoms in total. The molecule has 0 aliphatic rings. The third-order valence-electron chi connectivity index (χ3n) is 1.67. The van der Waals surface area contributed by atoms with Crippen molar-refractivity contribution in [3.8, 4) is 6.07 Å². The normalized spacial score (nSPS) is 10.3. The highest BCUT2D eigenvalue weighted by Gasteiger charge is 2.20. The molecule has 0 radical (unpaired) electrons. The highest BCUT2D eigenvalue weighted by molar-refractivity contribution is 6.30. The van der Waals surface area contributed by atoms with Gasteiger partial charge in [0.15, 0.2) is 0 Å². The van der Waals surface area contributed by atoms with Gasteiger partial charge in [-0.1, -0.05) is 11.6 Å². The van der Waals surface area contributed by atoms with E-state index in [0.717, 1.165) is 6.20 Å². The van der Waals surface area contributed by atoms with E-state index in [-0.39, 0.29) is 16.3 Å². The SMILES string of the molecule is N#Cc1cnc(Cl)c(CO)c1C(F)F. The van der Waals surface area contributed by atoms with Crippen LogP contribution >= 0.6 is 11.6 Å². The Morgan fingerprint density at radius 3 is 2.71 bits per heavy atom. The number of rotatable bonds is 2. The van der Waals surface area contributed by atoms with E-state index in [0.29, 0.717) is 0 Å². The summed E-state index contributed by atoms with van der Waals surface area (Å²) in [7, 11) is 0. The van der Waals surface area contributed by atoms with Crippen LogP contribution in [0.1, 0.15) is 23.1 Å². The molecule has 0 aliphatic heterocycles. The Balaban J connectivity index is 3.46. The number of hydrogen-bond donors (Lipinski definition) is 1. The quantitative estimate of drug-likeness (QED) is 0.773. The van der Waals surface area contributed by atoms with Crippen LogP contribution in [0, 0.1) is 11.3 Å². The van der Waals surface area contributed by atoms with E-state index in [1.54, 1.807) is 6.07 Å². The summed E-state index contributed by atoms with van der Waals surface area (Å²) in [5.74, 6) is 0. The number of hydrogen-bond acceptors (Lipinski definition) is 3. The molecule has 0 saturated carbocycles. The topological polar surface area (TPSA) is 56.9 Å². The second-order valence-electron chi connectivity index (χ2n) is 2.43. The van der Waals surface area contributed by atoms with Crippen LogP contribution in [-0.4, -0.2) is 10.1 Å². The van der Waals surface area contributed by atoms with Crippen molar-refractivity contribution in [2.75, 3.05) is 0 Å². The van der Waals surface area contributed by atoms with E-state index >= 15 is 0 Å². The Bertz CT molecular complexity index is 390. The summed E-state index contributed by atoms with van der Waals surface area (Å²) < 4.78 is 25.0. The van der Waals surface area contributed by atoms with Gasteiger partial charge in [0.25, 0.3) is 6.43 Å². The number of aromatic nitrogens is 1. The number of aliphatic hydroxyl groups excluding tert-OH is 1. The molecule has 0 fully saturated rings. The summed E-state index contributed by atoms with van der Waals surface area (Å²) in [4.78, 5) is 3.51. The van der Waals surface area contributed by atoms with Crippen molar-refractivity contribution >= 4 is 11.6 Å². The zero-order valence-corrected chi connectivity index (χ0v) is 7.59. The van der Waals surface area contributed by atoms with Crippen molar-refractivity contribution < 1.29 is 13.9 Å². The molecule has 0 atom stereocenters. The molecule has 1 aromatic heterocycles. The van der Waals surface area contributed by atoms with Crippen LogP contribution in [0.3, 0.4) is 0 Å². The summed E-state index contributed by atoms with van der Waals surface area (Å²) in [6.07, 6.45) is -1.89. The minimum atomic E-state index is -2.85. The molecule has 6 heteroatoms. The van der Waals surface area contributed by atoms with Crippen molar-refractivity contribution in [1.82, 2.24) is 4.98 Å². The van der Waals surface area contributed by atoms with Gasteiger partial charge in [-0.3, -0.25) is 0 Å². The van der Waals surface area contributed by atoms with Crippen LogP contribution < -0.4 is 0 Å². The van der Waals surface area contributed by atoms with E-state index < -0.39 is 18.6 Å². The molecule has 0 aromatic carbocycles. The van der Waals surface area contributed by atoms with Gasteiger partial charge in [-0.25, -0.2) is 13.8 Å². The Kier molecular flexibility index (Phi) is 3.33. The van der Waals surface area contributed by atoms with Crippen LogP contribution in [0.25, 0.3) is 0 Å². The van der Waals surface area contributed by atoms with E-state index in [4.69, 9.17) is 22.0 Å². The van der Waals surface area contributed by atoms with Crippen molar-refractivity contribution in [3.05, 3.63) is 28.0 Å². The van der Waals surface area contributed by atoms with Crippen molar-refractivity contribution in [3.63, 3.8) is 0 Å². The number of nitriles is 1. The largest absolute Gasteiger partial charge is 0.392 e. The molecule has 0 bridgehead atoms. The summed E-state index contributed by atoms with van der Waals surface area (Å²) in [5, 5.41) is 17.1. The maximum Gasteiger partial charge on any atom is 0.265 e. The summed E-state index contributed by atoms with van der Waals surface area (Å²) >= 11 is 5.49. The maximum absolute atomic E-state index is 12.5. The minimum absolute atomic E-state index is 0.194. The molecule has 0 amide bonds. The molecular weight excluding hydrogens is 214 g/mol. The lowest BCUT2D eigenvalue weighted by Gasteiger charge is -2.08. The number of aliphatic hydroxyl groups is 1. The third-order valence-corrected chi connectivity index (χ3v) is 1.99. The fraction of sp³-hybridized carbons (Fsp3) is 0.250. The lowest BCUT2D eigenvalue weighted by Crippen LogP contribution is -2.01. The standard InChI is InChI=1S/C8H5ClF2N2O/c9-7-5(3-14)6(8(10)11)4(1-12)2-13-7/h2,8,14H,3H2. The number of halogens is 3. The van der Waals surface area contributed by atoms with Gasteiger partial charge in [0, 0.05) is 17.3 Å². The first kappa shape index (κ1) is 10.8. The summed E-state index contributed by atoms with van der Waals surface area (Å²) in [6.45, 7) is -0.666. The van der Waals surface area contributed by atoms with Gasteiger partial charge in [0.05, 0.1) is 12.2 Å². The summed E-state index contributed by atoms with van der Waals surface area (Å²) in [6, 6.07) is 1.57. The molecule has 0 unspecified atom stereocenters. The first-order valence-corrected chi connectivity index (χ1v) is 3.96. The average molecular weight is 219 g/mol. The van der Waals surface area contributed by atoms with Crippen molar-refractivity contribution in [2.24, 2.45) is 0 Å². The first-order valence-electron chi connectivity index (χ1n) is 3.58. The number of pyridine rings is 1. The first-order chi connectivity index (χ1) is 6.61. The molecule has 14 heavy (non-hydrogen) atoms. The predicted molar refractivity (Wildman–Crippen MR) is 44.8 cm³/mol. The van der Waals surface area contributed by atoms with Gasteiger partial charge < -0.3 is 5.11 Å². The van der Waals surface area contributed by atoms with Gasteiger partial charge in [0.1, 0.15) is 11.2 Å². The Labute approximate surface area is 83.6 Å². The van der Waals surface area contributed by atoms with Crippen molar-refractivity contribution in [1.29, 1.82) is 5.26 Å². The zero-order valence-electron chi connectivity index (χ0n) is 6.84. The molecule has 0 spiro atoms. The van der Waals surface area contributed by atoms with E-state index in [1.807, 2.05) is 0 Å². The highest BCUT2D eigenvalue weighted by Crippen LogP contribution is 2.29. The van der Waals surface area contributed by atoms with E-state index in [1.165, 1.54) is 0 Å². The lowest BCUT2D eigenvalue weighted by atomic mass is 10.1.